The Morgan fingerprint density at radius 2 is 2.23 bits per heavy atom. The Bertz CT molecular complexity index is 596. The van der Waals surface area contributed by atoms with E-state index in [0.717, 1.165) is 29.4 Å². The van der Waals surface area contributed by atoms with Gasteiger partial charge in [-0.15, -0.1) is 0 Å². The molecule has 22 heavy (non-hydrogen) atoms. The molecule has 1 saturated heterocycles. The molecule has 0 aliphatic carbocycles. The molecule has 1 unspecified atom stereocenters. The number of aliphatic imine (C=N–C) groups is 2. The molecule has 2 N–H and O–H groups in total. The number of thioether (sulfide) groups is 1. The van der Waals surface area contributed by atoms with E-state index in [4.69, 9.17) is 10.7 Å². The summed E-state index contributed by atoms with van der Waals surface area (Å²) >= 11 is 1.60. The SMILES string of the molecule is C=C(S/C=C\C)C1=NCC(C(/C=C\C)=N/C)=C2CC(N)CN12. The van der Waals surface area contributed by atoms with Crippen LogP contribution in [0.5, 0.6) is 0 Å². The van der Waals surface area contributed by atoms with Gasteiger partial charge < -0.3 is 10.6 Å². The van der Waals surface area contributed by atoms with Crippen molar-refractivity contribution < 1.29 is 0 Å². The van der Waals surface area contributed by atoms with Crippen molar-refractivity contribution in [1.82, 2.24) is 4.90 Å². The number of fused-ring (bicyclic) bond motifs is 1. The summed E-state index contributed by atoms with van der Waals surface area (Å²) in [6.45, 7) is 9.59. The second-order valence-electron chi connectivity index (χ2n) is 5.26. The number of hydrogen-bond donors (Lipinski definition) is 1. The van der Waals surface area contributed by atoms with Crippen LogP contribution in [0.2, 0.25) is 0 Å². The van der Waals surface area contributed by atoms with Crippen molar-refractivity contribution in [3.63, 3.8) is 0 Å². The Kier molecular flexibility index (Phi) is 5.80. The first-order valence-corrected chi connectivity index (χ1v) is 8.36. The molecule has 2 heterocycles. The van der Waals surface area contributed by atoms with Crippen molar-refractivity contribution in [3.8, 4) is 0 Å². The highest BCUT2D eigenvalue weighted by Crippen LogP contribution is 2.33. The van der Waals surface area contributed by atoms with Gasteiger partial charge in [-0.05, 0) is 25.3 Å². The Balaban J connectivity index is 2.34. The summed E-state index contributed by atoms with van der Waals surface area (Å²) in [7, 11) is 1.82. The minimum absolute atomic E-state index is 0.136. The quantitative estimate of drug-likeness (QED) is 0.793. The van der Waals surface area contributed by atoms with Gasteiger partial charge in [0, 0.05) is 42.2 Å². The number of nitrogens with zero attached hydrogens (tertiary/aromatic N) is 3. The van der Waals surface area contributed by atoms with Crippen molar-refractivity contribution in [3.05, 3.63) is 46.4 Å². The van der Waals surface area contributed by atoms with E-state index in [1.165, 1.54) is 11.3 Å². The fourth-order valence-corrected chi connectivity index (χ4v) is 3.32. The van der Waals surface area contributed by atoms with E-state index in [1.54, 1.807) is 11.8 Å². The van der Waals surface area contributed by atoms with Crippen LogP contribution in [0.15, 0.2) is 56.4 Å². The summed E-state index contributed by atoms with van der Waals surface area (Å²) in [4.78, 5) is 12.3. The van der Waals surface area contributed by atoms with Crippen LogP contribution in [-0.4, -0.2) is 42.6 Å². The normalized spacial score (nSPS) is 22.7. The van der Waals surface area contributed by atoms with E-state index in [-0.39, 0.29) is 6.04 Å². The summed E-state index contributed by atoms with van der Waals surface area (Å²) in [5, 5.41) is 2.03. The lowest BCUT2D eigenvalue weighted by Gasteiger charge is -2.29. The van der Waals surface area contributed by atoms with E-state index >= 15 is 0 Å². The maximum atomic E-state index is 6.20. The van der Waals surface area contributed by atoms with Crippen LogP contribution >= 0.6 is 11.8 Å². The molecule has 0 bridgehead atoms. The molecule has 0 spiro atoms. The van der Waals surface area contributed by atoms with Crippen molar-refractivity contribution >= 4 is 23.3 Å². The summed E-state index contributed by atoms with van der Waals surface area (Å²) in [5.74, 6) is 0.950. The fraction of sp³-hybridized carbons (Fsp3) is 0.412. The Morgan fingerprint density at radius 1 is 1.45 bits per heavy atom. The number of nitrogens with two attached hydrogens (primary N) is 1. The molecule has 0 aromatic heterocycles. The van der Waals surface area contributed by atoms with E-state index < -0.39 is 0 Å². The molecule has 2 aliphatic heterocycles. The molecule has 1 atom stereocenters. The van der Waals surface area contributed by atoms with Crippen LogP contribution in [0.4, 0.5) is 0 Å². The van der Waals surface area contributed by atoms with E-state index in [0.29, 0.717) is 6.54 Å². The van der Waals surface area contributed by atoms with E-state index in [2.05, 4.69) is 16.5 Å². The summed E-state index contributed by atoms with van der Waals surface area (Å²) < 4.78 is 0. The van der Waals surface area contributed by atoms with Crippen LogP contribution < -0.4 is 5.73 Å². The Hall–Kier alpha value is -1.59. The highest BCUT2D eigenvalue weighted by molar-refractivity contribution is 8.06. The van der Waals surface area contributed by atoms with E-state index in [1.807, 2.05) is 44.5 Å². The first-order valence-electron chi connectivity index (χ1n) is 7.48. The largest absolute Gasteiger partial charge is 0.327 e. The predicted molar refractivity (Wildman–Crippen MR) is 98.3 cm³/mol. The number of allylic oxidation sites excluding steroid dienone is 3. The van der Waals surface area contributed by atoms with Gasteiger partial charge in [0.15, 0.2) is 0 Å². The highest BCUT2D eigenvalue weighted by atomic mass is 32.2. The van der Waals surface area contributed by atoms with Crippen molar-refractivity contribution in [2.45, 2.75) is 26.3 Å². The molecule has 0 radical (unpaired) electrons. The van der Waals surface area contributed by atoms with Gasteiger partial charge >= 0.3 is 0 Å². The Morgan fingerprint density at radius 3 is 2.86 bits per heavy atom. The van der Waals surface area contributed by atoms with Crippen molar-refractivity contribution in [1.29, 1.82) is 0 Å². The first kappa shape index (κ1) is 16.8. The summed E-state index contributed by atoms with van der Waals surface area (Å²) in [5.41, 5.74) is 9.62. The molecule has 0 aromatic rings. The third-order valence-corrected chi connectivity index (χ3v) is 4.54. The van der Waals surface area contributed by atoms with Gasteiger partial charge in [0.05, 0.1) is 12.3 Å². The maximum Gasteiger partial charge on any atom is 0.141 e. The van der Waals surface area contributed by atoms with Crippen molar-refractivity contribution in [2.75, 3.05) is 20.1 Å². The maximum absolute atomic E-state index is 6.20. The predicted octanol–water partition coefficient (Wildman–Crippen LogP) is 3.11. The highest BCUT2D eigenvalue weighted by Gasteiger charge is 2.34. The summed E-state index contributed by atoms with van der Waals surface area (Å²) in [6, 6.07) is 0.136. The topological polar surface area (TPSA) is 54.0 Å². The van der Waals surface area contributed by atoms with Crippen LogP contribution in [0.1, 0.15) is 20.3 Å². The number of rotatable bonds is 5. The van der Waals surface area contributed by atoms with Gasteiger partial charge in [-0.2, -0.15) is 0 Å². The van der Waals surface area contributed by atoms with Gasteiger partial charge in [0.25, 0.3) is 0 Å². The van der Waals surface area contributed by atoms with Crippen LogP contribution in [0, 0.1) is 0 Å². The molecule has 118 valence electrons. The van der Waals surface area contributed by atoms with Gasteiger partial charge in [0.1, 0.15) is 5.84 Å². The molecule has 2 rings (SSSR count). The van der Waals surface area contributed by atoms with Gasteiger partial charge in [-0.3, -0.25) is 9.98 Å². The molecule has 1 fully saturated rings. The van der Waals surface area contributed by atoms with Crippen LogP contribution in [0.3, 0.4) is 0 Å². The lowest BCUT2D eigenvalue weighted by molar-refractivity contribution is 0.552. The number of amidine groups is 1. The van der Waals surface area contributed by atoms with Crippen LogP contribution in [-0.2, 0) is 0 Å². The molecule has 0 aromatic carbocycles. The monoisotopic (exact) mass is 316 g/mol. The smallest absolute Gasteiger partial charge is 0.141 e. The molecular formula is C17H24N4S. The lowest BCUT2D eigenvalue weighted by Crippen LogP contribution is -2.35. The van der Waals surface area contributed by atoms with Crippen LogP contribution in [0.25, 0.3) is 0 Å². The minimum Gasteiger partial charge on any atom is -0.327 e. The molecule has 0 saturated carbocycles. The molecule has 4 nitrogen and oxygen atoms in total. The molecule has 0 amide bonds. The standard InChI is InChI=1S/C17H24N4S/c1-5-7-15(19-4)14-10-20-17(12(3)22-8-6-2)21-11-13(18)9-16(14)21/h5-8,13H,3,9-11,18H2,1-2,4H3/b7-5-,8-6-,19-15+. The lowest BCUT2D eigenvalue weighted by atomic mass is 10.0. The second kappa shape index (κ2) is 7.61. The number of hydrogen-bond acceptors (Lipinski definition) is 5. The minimum atomic E-state index is 0.136. The average molecular weight is 316 g/mol. The van der Waals surface area contributed by atoms with Crippen molar-refractivity contribution in [2.24, 2.45) is 15.7 Å². The molecule has 5 heteroatoms. The third-order valence-electron chi connectivity index (χ3n) is 3.66. The van der Waals surface area contributed by atoms with Gasteiger partial charge in [-0.1, -0.05) is 30.5 Å². The van der Waals surface area contributed by atoms with Gasteiger partial charge in [0.2, 0.25) is 0 Å². The zero-order chi connectivity index (χ0) is 16.1. The fourth-order valence-electron chi connectivity index (χ4n) is 2.74. The van der Waals surface area contributed by atoms with Gasteiger partial charge in [-0.25, -0.2) is 0 Å². The zero-order valence-corrected chi connectivity index (χ0v) is 14.4. The third kappa shape index (κ3) is 3.42. The second-order valence-corrected chi connectivity index (χ2v) is 6.26. The zero-order valence-electron chi connectivity index (χ0n) is 13.5. The summed E-state index contributed by atoms with van der Waals surface area (Å²) in [6.07, 6.45) is 6.92. The first-order chi connectivity index (χ1) is 10.6. The Labute approximate surface area is 137 Å². The molecule has 2 aliphatic rings. The molecular weight excluding hydrogens is 292 g/mol. The average Bonchev–Trinajstić information content (AvgIpc) is 2.90. The van der Waals surface area contributed by atoms with E-state index in [9.17, 15) is 0 Å².